The van der Waals surface area contributed by atoms with Gasteiger partial charge in [0, 0.05) is 12.0 Å². The summed E-state index contributed by atoms with van der Waals surface area (Å²) in [5, 5.41) is 9.49. The molecule has 0 fully saturated rings. The molecule has 0 aromatic heterocycles. The second-order valence-corrected chi connectivity index (χ2v) is 3.14. The summed E-state index contributed by atoms with van der Waals surface area (Å²) in [4.78, 5) is 10.4. The number of benzene rings is 1. The minimum Gasteiger partial charge on any atom is -0.507 e. The van der Waals surface area contributed by atoms with Crippen LogP contribution in [0.3, 0.4) is 0 Å². The molecule has 0 heterocycles. The van der Waals surface area contributed by atoms with Gasteiger partial charge in [0.05, 0.1) is 0 Å². The van der Waals surface area contributed by atoms with Crippen molar-refractivity contribution < 1.29 is 9.90 Å². The molecule has 0 aliphatic heterocycles. The molecule has 1 rings (SSSR count). The highest BCUT2D eigenvalue weighted by Gasteiger charge is 1.96. The minimum absolute atomic E-state index is 0.188. The molecule has 3 heteroatoms. The summed E-state index contributed by atoms with van der Waals surface area (Å²) in [6.45, 7) is 1.90. The van der Waals surface area contributed by atoms with E-state index in [4.69, 9.17) is 5.73 Å². The number of hydrogen-bond acceptors (Lipinski definition) is 2. The zero-order valence-electron chi connectivity index (χ0n) is 8.03. The lowest BCUT2D eigenvalue weighted by atomic mass is 10.1. The zero-order valence-corrected chi connectivity index (χ0v) is 8.03. The van der Waals surface area contributed by atoms with Crippen LogP contribution in [0.15, 0.2) is 24.3 Å². The van der Waals surface area contributed by atoms with Gasteiger partial charge in [-0.25, -0.2) is 0 Å². The Kier molecular flexibility index (Phi) is 3.29. The SMILES string of the molecule is Cc1ccc(C=CCC(N)=O)c(O)c1. The quantitative estimate of drug-likeness (QED) is 0.762. The summed E-state index contributed by atoms with van der Waals surface area (Å²) >= 11 is 0. The average Bonchev–Trinajstić information content (AvgIpc) is 2.08. The number of aryl methyl sites for hydroxylation is 1. The van der Waals surface area contributed by atoms with E-state index in [9.17, 15) is 9.90 Å². The maximum Gasteiger partial charge on any atom is 0.221 e. The number of carbonyl (C=O) groups is 1. The number of carbonyl (C=O) groups excluding carboxylic acids is 1. The molecule has 74 valence electrons. The van der Waals surface area contributed by atoms with E-state index in [0.29, 0.717) is 5.56 Å². The summed E-state index contributed by atoms with van der Waals surface area (Å²) in [5.74, 6) is -0.168. The Morgan fingerprint density at radius 3 is 2.86 bits per heavy atom. The molecule has 3 N–H and O–H groups in total. The Hall–Kier alpha value is -1.77. The normalized spacial score (nSPS) is 10.6. The van der Waals surface area contributed by atoms with Crippen LogP contribution < -0.4 is 5.73 Å². The third-order valence-electron chi connectivity index (χ3n) is 1.80. The molecular weight excluding hydrogens is 178 g/mol. The second-order valence-electron chi connectivity index (χ2n) is 3.14. The lowest BCUT2D eigenvalue weighted by Gasteiger charge is -1.99. The standard InChI is InChI=1S/C11H13NO2/c1-8-5-6-9(10(13)7-8)3-2-4-11(12)14/h2-3,5-7,13H,4H2,1H3,(H2,12,14). The average molecular weight is 191 g/mol. The van der Waals surface area contributed by atoms with Crippen molar-refractivity contribution in [2.45, 2.75) is 13.3 Å². The Labute approximate surface area is 82.9 Å². The molecule has 1 aromatic rings. The predicted molar refractivity (Wildman–Crippen MR) is 55.7 cm³/mol. The van der Waals surface area contributed by atoms with Gasteiger partial charge in [-0.3, -0.25) is 4.79 Å². The molecule has 1 amide bonds. The molecule has 0 atom stereocenters. The first-order chi connectivity index (χ1) is 6.59. The van der Waals surface area contributed by atoms with E-state index in [1.807, 2.05) is 13.0 Å². The van der Waals surface area contributed by atoms with E-state index in [0.717, 1.165) is 5.56 Å². The van der Waals surface area contributed by atoms with Crippen molar-refractivity contribution in [2.24, 2.45) is 5.73 Å². The summed E-state index contributed by atoms with van der Waals surface area (Å²) in [7, 11) is 0. The molecule has 0 unspecified atom stereocenters. The van der Waals surface area contributed by atoms with Crippen LogP contribution in [0.5, 0.6) is 5.75 Å². The van der Waals surface area contributed by atoms with Crippen molar-refractivity contribution in [2.75, 3.05) is 0 Å². The molecule has 0 saturated heterocycles. The van der Waals surface area contributed by atoms with Gasteiger partial charge in [0.25, 0.3) is 0 Å². The van der Waals surface area contributed by atoms with E-state index in [1.165, 1.54) is 0 Å². The monoisotopic (exact) mass is 191 g/mol. The van der Waals surface area contributed by atoms with Gasteiger partial charge in [0.2, 0.25) is 5.91 Å². The van der Waals surface area contributed by atoms with Gasteiger partial charge in [0.15, 0.2) is 0 Å². The zero-order chi connectivity index (χ0) is 10.6. The van der Waals surface area contributed by atoms with Crippen LogP contribution in [0.25, 0.3) is 6.08 Å². The van der Waals surface area contributed by atoms with Gasteiger partial charge < -0.3 is 10.8 Å². The highest BCUT2D eigenvalue weighted by Crippen LogP contribution is 2.19. The number of aromatic hydroxyl groups is 1. The van der Waals surface area contributed by atoms with Crippen molar-refractivity contribution in [1.82, 2.24) is 0 Å². The highest BCUT2D eigenvalue weighted by atomic mass is 16.3. The van der Waals surface area contributed by atoms with Gasteiger partial charge in [-0.2, -0.15) is 0 Å². The van der Waals surface area contributed by atoms with Crippen LogP contribution >= 0.6 is 0 Å². The Bertz CT molecular complexity index is 370. The number of amides is 1. The minimum atomic E-state index is -0.382. The van der Waals surface area contributed by atoms with Crippen LogP contribution in [-0.4, -0.2) is 11.0 Å². The molecule has 0 spiro atoms. The van der Waals surface area contributed by atoms with Crippen LogP contribution in [0.2, 0.25) is 0 Å². The summed E-state index contributed by atoms with van der Waals surface area (Å²) in [6, 6.07) is 5.36. The van der Waals surface area contributed by atoms with Crippen LogP contribution in [-0.2, 0) is 4.79 Å². The van der Waals surface area contributed by atoms with Crippen molar-refractivity contribution >= 4 is 12.0 Å². The fourth-order valence-corrected chi connectivity index (χ4v) is 1.10. The van der Waals surface area contributed by atoms with E-state index in [-0.39, 0.29) is 18.1 Å². The molecule has 0 saturated carbocycles. The lowest BCUT2D eigenvalue weighted by molar-refractivity contribution is -0.117. The smallest absolute Gasteiger partial charge is 0.221 e. The number of phenols is 1. The number of primary amides is 1. The first kappa shape index (κ1) is 10.3. The number of phenolic OH excluding ortho intramolecular Hbond substituents is 1. The van der Waals surface area contributed by atoms with Gasteiger partial charge in [-0.15, -0.1) is 0 Å². The third kappa shape index (κ3) is 2.94. The topological polar surface area (TPSA) is 63.3 Å². The molecule has 0 aliphatic carbocycles. The maximum atomic E-state index is 10.4. The fourth-order valence-electron chi connectivity index (χ4n) is 1.10. The summed E-state index contributed by atoms with van der Waals surface area (Å²) in [6.07, 6.45) is 3.50. The fraction of sp³-hybridized carbons (Fsp3) is 0.182. The van der Waals surface area contributed by atoms with Crippen molar-refractivity contribution in [1.29, 1.82) is 0 Å². The van der Waals surface area contributed by atoms with Crippen LogP contribution in [0.1, 0.15) is 17.5 Å². The molecule has 14 heavy (non-hydrogen) atoms. The molecular formula is C11H13NO2. The van der Waals surface area contributed by atoms with E-state index >= 15 is 0 Å². The van der Waals surface area contributed by atoms with Crippen LogP contribution in [0, 0.1) is 6.92 Å². The van der Waals surface area contributed by atoms with Gasteiger partial charge in [-0.05, 0) is 18.6 Å². The number of rotatable bonds is 3. The van der Waals surface area contributed by atoms with Crippen molar-refractivity contribution in [3.05, 3.63) is 35.4 Å². The van der Waals surface area contributed by atoms with Crippen LogP contribution in [0.4, 0.5) is 0 Å². The van der Waals surface area contributed by atoms with E-state index in [1.54, 1.807) is 24.3 Å². The lowest BCUT2D eigenvalue weighted by Crippen LogP contribution is -2.07. The van der Waals surface area contributed by atoms with E-state index in [2.05, 4.69) is 0 Å². The predicted octanol–water partition coefficient (Wildman–Crippen LogP) is 1.59. The number of nitrogens with two attached hydrogens (primary N) is 1. The van der Waals surface area contributed by atoms with Gasteiger partial charge >= 0.3 is 0 Å². The first-order valence-corrected chi connectivity index (χ1v) is 4.34. The van der Waals surface area contributed by atoms with Crippen molar-refractivity contribution in [3.8, 4) is 5.75 Å². The Morgan fingerprint density at radius 1 is 1.57 bits per heavy atom. The molecule has 0 aliphatic rings. The molecule has 0 radical (unpaired) electrons. The van der Waals surface area contributed by atoms with E-state index < -0.39 is 0 Å². The Morgan fingerprint density at radius 2 is 2.29 bits per heavy atom. The number of hydrogen-bond donors (Lipinski definition) is 2. The molecule has 3 nitrogen and oxygen atoms in total. The summed E-state index contributed by atoms with van der Waals surface area (Å²) < 4.78 is 0. The highest BCUT2D eigenvalue weighted by molar-refractivity contribution is 5.76. The van der Waals surface area contributed by atoms with Gasteiger partial charge in [0.1, 0.15) is 5.75 Å². The maximum absolute atomic E-state index is 10.4. The molecule has 0 bridgehead atoms. The Balaban J connectivity index is 2.76. The van der Waals surface area contributed by atoms with Crippen molar-refractivity contribution in [3.63, 3.8) is 0 Å². The first-order valence-electron chi connectivity index (χ1n) is 4.34. The van der Waals surface area contributed by atoms with Gasteiger partial charge in [-0.1, -0.05) is 24.3 Å². The second kappa shape index (κ2) is 4.46. The largest absolute Gasteiger partial charge is 0.507 e. The summed E-state index contributed by atoms with van der Waals surface area (Å²) in [5.41, 5.74) is 6.65. The molecule has 1 aromatic carbocycles. The third-order valence-corrected chi connectivity index (χ3v) is 1.80.